The van der Waals surface area contributed by atoms with Crippen LogP contribution in [0.5, 0.6) is 0 Å². The van der Waals surface area contributed by atoms with Crippen molar-refractivity contribution < 1.29 is 0 Å². The quantitative estimate of drug-likeness (QED) is 0.702. The van der Waals surface area contributed by atoms with E-state index in [1.165, 1.54) is 0 Å². The smallest absolute Gasteiger partial charge is 0.201 e. The van der Waals surface area contributed by atoms with Gasteiger partial charge in [-0.1, -0.05) is 34.8 Å². The molecule has 0 spiro atoms. The van der Waals surface area contributed by atoms with E-state index in [2.05, 4.69) is 9.97 Å². The molecule has 2 nitrogen and oxygen atoms in total. The Labute approximate surface area is 100 Å². The van der Waals surface area contributed by atoms with E-state index >= 15 is 0 Å². The number of nitrogens with one attached hydrogen (secondary N) is 1. The molecule has 1 N–H and O–H groups in total. The molecule has 0 amide bonds. The van der Waals surface area contributed by atoms with Gasteiger partial charge in [0.25, 0.3) is 0 Å². The van der Waals surface area contributed by atoms with Gasteiger partial charge in [0, 0.05) is 0 Å². The van der Waals surface area contributed by atoms with Crippen LogP contribution in [0.1, 0.15) is 5.56 Å². The number of rotatable bonds is 0. The zero-order chi connectivity index (χ0) is 10.5. The zero-order valence-electron chi connectivity index (χ0n) is 6.96. The molecule has 1 aromatic heterocycles. The van der Waals surface area contributed by atoms with Crippen molar-refractivity contribution in [1.29, 1.82) is 0 Å². The maximum absolute atomic E-state index is 5.97. The first-order valence-electron chi connectivity index (χ1n) is 3.70. The molecule has 0 radical (unpaired) electrons. The van der Waals surface area contributed by atoms with Crippen LogP contribution in [0.3, 0.4) is 0 Å². The average molecular weight is 270 g/mol. The lowest BCUT2D eigenvalue weighted by molar-refractivity contribution is 1.34. The van der Waals surface area contributed by atoms with Gasteiger partial charge in [-0.25, -0.2) is 4.98 Å². The number of hydrogen-bond acceptors (Lipinski definition) is 1. The highest BCUT2D eigenvalue weighted by Gasteiger charge is 2.16. The molecule has 1 heterocycles. The van der Waals surface area contributed by atoms with Crippen LogP contribution in [0.2, 0.25) is 20.4 Å². The van der Waals surface area contributed by atoms with Crippen molar-refractivity contribution in [3.05, 3.63) is 25.9 Å². The second-order valence-corrected chi connectivity index (χ2v) is 4.31. The molecule has 0 fully saturated rings. The molecule has 0 saturated heterocycles. The molecule has 0 aliphatic heterocycles. The highest BCUT2D eigenvalue weighted by Crippen LogP contribution is 2.39. The van der Waals surface area contributed by atoms with Crippen molar-refractivity contribution in [3.63, 3.8) is 0 Å². The third-order valence-corrected chi connectivity index (χ3v) is 3.57. The van der Waals surface area contributed by atoms with Gasteiger partial charge in [0.2, 0.25) is 5.28 Å². The third kappa shape index (κ3) is 1.38. The van der Waals surface area contributed by atoms with Crippen LogP contribution in [-0.2, 0) is 0 Å². The number of aryl methyl sites for hydroxylation is 1. The normalized spacial score (nSPS) is 11.2. The lowest BCUT2D eigenvalue weighted by Gasteiger charge is -2.03. The Hall–Kier alpha value is -0.150. The topological polar surface area (TPSA) is 28.7 Å². The van der Waals surface area contributed by atoms with E-state index in [9.17, 15) is 0 Å². The number of nitrogens with zero attached hydrogens (tertiary/aromatic N) is 1. The lowest BCUT2D eigenvalue weighted by atomic mass is 10.2. The molecule has 1 aromatic carbocycles. The van der Waals surface area contributed by atoms with Gasteiger partial charge in [0.05, 0.1) is 26.1 Å². The number of fused-ring (bicyclic) bond motifs is 1. The van der Waals surface area contributed by atoms with Gasteiger partial charge in [-0.3, -0.25) is 0 Å². The van der Waals surface area contributed by atoms with Gasteiger partial charge >= 0.3 is 0 Å². The third-order valence-electron chi connectivity index (χ3n) is 1.96. The highest BCUT2D eigenvalue weighted by atomic mass is 35.5. The van der Waals surface area contributed by atoms with E-state index in [1.807, 2.05) is 6.92 Å². The minimum atomic E-state index is 0.267. The Balaban J connectivity index is 3.01. The SMILES string of the molecule is Cc1c(Cl)c(Cl)c(Cl)c2[nH]c(Cl)nc12. The maximum atomic E-state index is 5.97. The first-order valence-corrected chi connectivity index (χ1v) is 5.22. The van der Waals surface area contributed by atoms with Crippen LogP contribution in [0.15, 0.2) is 0 Å². The Bertz CT molecular complexity index is 473. The van der Waals surface area contributed by atoms with Gasteiger partial charge in [-0.15, -0.1) is 0 Å². The van der Waals surface area contributed by atoms with Crippen molar-refractivity contribution in [1.82, 2.24) is 9.97 Å². The van der Waals surface area contributed by atoms with Crippen molar-refractivity contribution in [2.45, 2.75) is 6.92 Å². The first-order chi connectivity index (χ1) is 6.52. The maximum Gasteiger partial charge on any atom is 0.201 e. The highest BCUT2D eigenvalue weighted by molar-refractivity contribution is 6.50. The van der Waals surface area contributed by atoms with Gasteiger partial charge in [0.15, 0.2) is 0 Å². The molecule has 0 bridgehead atoms. The zero-order valence-corrected chi connectivity index (χ0v) is 9.98. The number of aromatic nitrogens is 2. The second kappa shape index (κ2) is 3.46. The molecule has 2 rings (SSSR count). The Morgan fingerprint density at radius 2 is 1.64 bits per heavy atom. The summed E-state index contributed by atoms with van der Waals surface area (Å²) in [6.07, 6.45) is 0. The average Bonchev–Trinajstić information content (AvgIpc) is 2.54. The predicted octanol–water partition coefficient (Wildman–Crippen LogP) is 4.48. The molecule has 6 heteroatoms. The lowest BCUT2D eigenvalue weighted by Crippen LogP contribution is -1.83. The first kappa shape index (κ1) is 10.4. The Morgan fingerprint density at radius 1 is 1.00 bits per heavy atom. The molecule has 0 aliphatic carbocycles. The predicted molar refractivity (Wildman–Crippen MR) is 60.9 cm³/mol. The minimum Gasteiger partial charge on any atom is -0.327 e. The van der Waals surface area contributed by atoms with Crippen LogP contribution in [0, 0.1) is 6.92 Å². The van der Waals surface area contributed by atoms with Gasteiger partial charge in [-0.05, 0) is 24.1 Å². The molecule has 74 valence electrons. The monoisotopic (exact) mass is 268 g/mol. The number of imidazole rings is 1. The standard InChI is InChI=1S/C8H4Cl4N2/c1-2-3(9)4(10)5(11)7-6(2)13-8(12)14-7/h1H3,(H,13,14). The number of aromatic amines is 1. The van der Waals surface area contributed by atoms with Gasteiger partial charge in [-0.2, -0.15) is 0 Å². The van der Waals surface area contributed by atoms with Crippen LogP contribution in [-0.4, -0.2) is 9.97 Å². The fraction of sp³-hybridized carbons (Fsp3) is 0.125. The number of halogens is 4. The summed E-state index contributed by atoms with van der Waals surface area (Å²) in [7, 11) is 0. The van der Waals surface area contributed by atoms with E-state index in [4.69, 9.17) is 46.4 Å². The molecule has 0 aliphatic rings. The van der Waals surface area contributed by atoms with Crippen LogP contribution >= 0.6 is 46.4 Å². The van der Waals surface area contributed by atoms with Crippen LogP contribution in [0.25, 0.3) is 11.0 Å². The molecule has 14 heavy (non-hydrogen) atoms. The summed E-state index contributed by atoms with van der Waals surface area (Å²) in [4.78, 5) is 6.87. The minimum absolute atomic E-state index is 0.267. The summed E-state index contributed by atoms with van der Waals surface area (Å²) in [5.74, 6) is 0. The summed E-state index contributed by atoms with van der Waals surface area (Å²) in [6, 6.07) is 0. The van der Waals surface area contributed by atoms with Crippen LogP contribution < -0.4 is 0 Å². The molecule has 0 atom stereocenters. The van der Waals surface area contributed by atoms with E-state index < -0.39 is 0 Å². The van der Waals surface area contributed by atoms with E-state index in [0.29, 0.717) is 26.1 Å². The molecular formula is C8H4Cl4N2. The molecule has 0 unspecified atom stereocenters. The number of H-pyrrole nitrogens is 1. The molecule has 2 aromatic rings. The van der Waals surface area contributed by atoms with Crippen molar-refractivity contribution in [3.8, 4) is 0 Å². The van der Waals surface area contributed by atoms with Crippen molar-refractivity contribution >= 4 is 57.4 Å². The summed E-state index contributed by atoms with van der Waals surface area (Å²) in [6.45, 7) is 1.81. The Morgan fingerprint density at radius 3 is 2.29 bits per heavy atom. The summed E-state index contributed by atoms with van der Waals surface area (Å²) >= 11 is 23.6. The van der Waals surface area contributed by atoms with E-state index in [1.54, 1.807) is 0 Å². The van der Waals surface area contributed by atoms with E-state index in [0.717, 1.165) is 5.56 Å². The van der Waals surface area contributed by atoms with Gasteiger partial charge < -0.3 is 4.98 Å². The second-order valence-electron chi connectivity index (χ2n) is 2.82. The molecular weight excluding hydrogens is 266 g/mol. The number of hydrogen-bond donors (Lipinski definition) is 1. The fourth-order valence-corrected chi connectivity index (χ4v) is 2.13. The summed E-state index contributed by atoms with van der Waals surface area (Å²) in [5.41, 5.74) is 2.03. The molecule has 0 saturated carbocycles. The van der Waals surface area contributed by atoms with Crippen molar-refractivity contribution in [2.24, 2.45) is 0 Å². The number of benzene rings is 1. The summed E-state index contributed by atoms with van der Waals surface area (Å²) in [5, 5.41) is 1.34. The van der Waals surface area contributed by atoms with E-state index in [-0.39, 0.29) is 5.28 Å². The largest absolute Gasteiger partial charge is 0.327 e. The summed E-state index contributed by atoms with van der Waals surface area (Å²) < 4.78 is 0. The fourth-order valence-electron chi connectivity index (χ4n) is 1.25. The van der Waals surface area contributed by atoms with Crippen molar-refractivity contribution in [2.75, 3.05) is 0 Å². The van der Waals surface area contributed by atoms with Crippen LogP contribution in [0.4, 0.5) is 0 Å². The van der Waals surface area contributed by atoms with Gasteiger partial charge in [0.1, 0.15) is 0 Å². The Kier molecular flexibility index (Phi) is 2.56.